The molecule has 1 saturated heterocycles. The van der Waals surface area contributed by atoms with Gasteiger partial charge in [-0.1, -0.05) is 18.0 Å². The van der Waals surface area contributed by atoms with Crippen molar-refractivity contribution >= 4 is 0 Å². The van der Waals surface area contributed by atoms with Gasteiger partial charge in [0.15, 0.2) is 17.3 Å². The van der Waals surface area contributed by atoms with E-state index in [0.717, 1.165) is 30.0 Å². The van der Waals surface area contributed by atoms with Gasteiger partial charge in [-0.2, -0.15) is 0 Å². The zero-order valence-electron chi connectivity index (χ0n) is 13.1. The van der Waals surface area contributed by atoms with Crippen LogP contribution < -0.4 is 14.8 Å². The van der Waals surface area contributed by atoms with Crippen molar-refractivity contribution < 1.29 is 14.0 Å². The summed E-state index contributed by atoms with van der Waals surface area (Å²) in [6.07, 6.45) is 4.86. The van der Waals surface area contributed by atoms with Crippen molar-refractivity contribution in [2.45, 2.75) is 31.7 Å². The fraction of sp³-hybridized carbons (Fsp3) is 0.471. The second-order valence-corrected chi connectivity index (χ2v) is 5.54. The molecule has 1 aromatic heterocycles. The third-order valence-corrected chi connectivity index (χ3v) is 4.11. The molecule has 118 valence electrons. The maximum Gasteiger partial charge on any atom is 0.167 e. The van der Waals surface area contributed by atoms with E-state index in [0.29, 0.717) is 17.5 Å². The summed E-state index contributed by atoms with van der Waals surface area (Å²) in [4.78, 5) is 0. The first-order valence-electron chi connectivity index (χ1n) is 7.74. The van der Waals surface area contributed by atoms with E-state index >= 15 is 0 Å². The van der Waals surface area contributed by atoms with E-state index in [1.807, 2.05) is 24.3 Å². The second-order valence-electron chi connectivity index (χ2n) is 5.54. The molecule has 2 heterocycles. The summed E-state index contributed by atoms with van der Waals surface area (Å²) in [6, 6.07) is 8.04. The fourth-order valence-corrected chi connectivity index (χ4v) is 2.86. The largest absolute Gasteiger partial charge is 0.493 e. The molecule has 0 radical (unpaired) electrons. The SMILES string of the molecule is COc1ccc(-c2cc(C3CCCCCN3)no2)cc1OC. The number of methoxy groups -OCH3 is 2. The van der Waals surface area contributed by atoms with Gasteiger partial charge in [-0.05, 0) is 37.6 Å². The molecule has 1 aromatic carbocycles. The van der Waals surface area contributed by atoms with Crippen molar-refractivity contribution in [1.82, 2.24) is 10.5 Å². The first-order chi connectivity index (χ1) is 10.8. The van der Waals surface area contributed by atoms with Gasteiger partial charge in [-0.15, -0.1) is 0 Å². The number of hydrogen-bond donors (Lipinski definition) is 1. The van der Waals surface area contributed by atoms with Gasteiger partial charge in [0.25, 0.3) is 0 Å². The van der Waals surface area contributed by atoms with Crippen LogP contribution >= 0.6 is 0 Å². The van der Waals surface area contributed by atoms with Crippen molar-refractivity contribution in [3.05, 3.63) is 30.0 Å². The van der Waals surface area contributed by atoms with E-state index in [2.05, 4.69) is 10.5 Å². The lowest BCUT2D eigenvalue weighted by Gasteiger charge is -2.11. The quantitative estimate of drug-likeness (QED) is 0.935. The summed E-state index contributed by atoms with van der Waals surface area (Å²) < 4.78 is 16.1. The molecule has 1 fully saturated rings. The van der Waals surface area contributed by atoms with Gasteiger partial charge < -0.3 is 19.3 Å². The molecular weight excluding hydrogens is 280 g/mol. The van der Waals surface area contributed by atoms with Gasteiger partial charge in [0, 0.05) is 11.6 Å². The van der Waals surface area contributed by atoms with Crippen LogP contribution in [-0.4, -0.2) is 25.9 Å². The summed E-state index contributed by atoms with van der Waals surface area (Å²) >= 11 is 0. The van der Waals surface area contributed by atoms with Crippen LogP contribution in [0.5, 0.6) is 11.5 Å². The van der Waals surface area contributed by atoms with Crippen LogP contribution in [0.3, 0.4) is 0 Å². The van der Waals surface area contributed by atoms with Crippen molar-refractivity contribution in [1.29, 1.82) is 0 Å². The number of nitrogens with one attached hydrogen (secondary N) is 1. The highest BCUT2D eigenvalue weighted by molar-refractivity contribution is 5.62. The van der Waals surface area contributed by atoms with Gasteiger partial charge in [0.2, 0.25) is 0 Å². The second kappa shape index (κ2) is 6.83. The molecule has 1 aliphatic heterocycles. The van der Waals surface area contributed by atoms with Crippen LogP contribution in [0.2, 0.25) is 0 Å². The molecule has 5 heteroatoms. The number of ether oxygens (including phenoxy) is 2. The van der Waals surface area contributed by atoms with E-state index in [9.17, 15) is 0 Å². The zero-order chi connectivity index (χ0) is 15.4. The van der Waals surface area contributed by atoms with Crippen molar-refractivity contribution in [3.8, 4) is 22.8 Å². The van der Waals surface area contributed by atoms with Crippen LogP contribution in [0.25, 0.3) is 11.3 Å². The molecule has 2 aromatic rings. The number of hydrogen-bond acceptors (Lipinski definition) is 5. The summed E-state index contributed by atoms with van der Waals surface area (Å²) in [7, 11) is 3.25. The Morgan fingerprint density at radius 1 is 1.09 bits per heavy atom. The average molecular weight is 302 g/mol. The lowest BCUT2D eigenvalue weighted by Crippen LogP contribution is -2.20. The molecule has 3 rings (SSSR count). The monoisotopic (exact) mass is 302 g/mol. The summed E-state index contributed by atoms with van der Waals surface area (Å²) in [5.74, 6) is 2.14. The van der Waals surface area contributed by atoms with Crippen molar-refractivity contribution in [2.24, 2.45) is 0 Å². The Labute approximate surface area is 130 Å². The first kappa shape index (κ1) is 14.9. The molecule has 0 spiro atoms. The Balaban J connectivity index is 1.83. The van der Waals surface area contributed by atoms with Gasteiger partial charge in [0.1, 0.15) is 5.69 Å². The van der Waals surface area contributed by atoms with E-state index in [-0.39, 0.29) is 0 Å². The Bertz CT molecular complexity index is 616. The van der Waals surface area contributed by atoms with Crippen LogP contribution in [-0.2, 0) is 0 Å². The number of nitrogens with zero attached hydrogens (tertiary/aromatic N) is 1. The molecule has 0 amide bonds. The third kappa shape index (κ3) is 3.09. The summed E-state index contributed by atoms with van der Waals surface area (Å²) in [5, 5.41) is 7.78. The first-order valence-corrected chi connectivity index (χ1v) is 7.74. The Hall–Kier alpha value is -2.01. The molecule has 1 unspecified atom stereocenters. The molecule has 0 saturated carbocycles. The van der Waals surface area contributed by atoms with Crippen LogP contribution in [0.4, 0.5) is 0 Å². The van der Waals surface area contributed by atoms with Crippen LogP contribution in [0.1, 0.15) is 37.4 Å². The maximum absolute atomic E-state index is 5.53. The van der Waals surface area contributed by atoms with Gasteiger partial charge in [0.05, 0.1) is 20.3 Å². The number of rotatable bonds is 4. The normalized spacial score (nSPS) is 18.7. The van der Waals surface area contributed by atoms with Gasteiger partial charge in [-0.25, -0.2) is 0 Å². The molecule has 1 aliphatic rings. The van der Waals surface area contributed by atoms with Crippen molar-refractivity contribution in [3.63, 3.8) is 0 Å². The zero-order valence-corrected chi connectivity index (χ0v) is 13.1. The number of benzene rings is 1. The highest BCUT2D eigenvalue weighted by atomic mass is 16.5. The third-order valence-electron chi connectivity index (χ3n) is 4.11. The van der Waals surface area contributed by atoms with E-state index in [4.69, 9.17) is 14.0 Å². The van der Waals surface area contributed by atoms with Crippen molar-refractivity contribution in [2.75, 3.05) is 20.8 Å². The lowest BCUT2D eigenvalue weighted by molar-refractivity contribution is 0.354. The van der Waals surface area contributed by atoms with E-state index in [1.54, 1.807) is 14.2 Å². The molecule has 1 atom stereocenters. The Morgan fingerprint density at radius 3 is 2.77 bits per heavy atom. The highest BCUT2D eigenvalue weighted by Crippen LogP contribution is 2.33. The van der Waals surface area contributed by atoms with E-state index < -0.39 is 0 Å². The molecule has 5 nitrogen and oxygen atoms in total. The average Bonchev–Trinajstić information content (AvgIpc) is 2.90. The molecule has 0 bridgehead atoms. The van der Waals surface area contributed by atoms with Gasteiger partial charge in [-0.3, -0.25) is 0 Å². The molecule has 1 N–H and O–H groups in total. The predicted octanol–water partition coefficient (Wildman–Crippen LogP) is 3.56. The minimum absolute atomic E-state index is 0.292. The van der Waals surface area contributed by atoms with Gasteiger partial charge >= 0.3 is 0 Å². The summed E-state index contributed by atoms with van der Waals surface area (Å²) in [5.41, 5.74) is 1.91. The standard InChI is InChI=1S/C17H22N2O3/c1-20-15-8-7-12(10-17(15)21-2)16-11-14(19-22-16)13-6-4-3-5-9-18-13/h7-8,10-11,13,18H,3-6,9H2,1-2H3. The highest BCUT2D eigenvalue weighted by Gasteiger charge is 2.19. The predicted molar refractivity (Wildman–Crippen MR) is 84.3 cm³/mol. The molecule has 22 heavy (non-hydrogen) atoms. The lowest BCUT2D eigenvalue weighted by atomic mass is 10.1. The minimum atomic E-state index is 0.292. The van der Waals surface area contributed by atoms with E-state index in [1.165, 1.54) is 19.3 Å². The number of aromatic nitrogens is 1. The fourth-order valence-electron chi connectivity index (χ4n) is 2.86. The summed E-state index contributed by atoms with van der Waals surface area (Å²) in [6.45, 7) is 1.04. The molecule has 0 aliphatic carbocycles. The molecular formula is C17H22N2O3. The van der Waals surface area contributed by atoms with Crippen LogP contribution in [0.15, 0.2) is 28.8 Å². The Kier molecular flexibility index (Phi) is 4.63. The van der Waals surface area contributed by atoms with Crippen LogP contribution in [0, 0.1) is 0 Å². The minimum Gasteiger partial charge on any atom is -0.493 e. The Morgan fingerprint density at radius 2 is 1.95 bits per heavy atom. The topological polar surface area (TPSA) is 56.5 Å². The smallest absolute Gasteiger partial charge is 0.167 e. The maximum atomic E-state index is 5.53.